The third-order valence-electron chi connectivity index (χ3n) is 6.42. The Morgan fingerprint density at radius 3 is 2.50 bits per heavy atom. The lowest BCUT2D eigenvalue weighted by atomic mass is 9.78. The van der Waals surface area contributed by atoms with Crippen LogP contribution in [-0.4, -0.2) is 24.0 Å². The first-order valence-corrected chi connectivity index (χ1v) is 10.7. The summed E-state index contributed by atoms with van der Waals surface area (Å²) < 4.78 is 5.22. The van der Waals surface area contributed by atoms with Crippen LogP contribution in [0.3, 0.4) is 0 Å². The van der Waals surface area contributed by atoms with E-state index in [1.165, 1.54) is 12.8 Å². The maximum Gasteiger partial charge on any atom is 0.253 e. The van der Waals surface area contributed by atoms with Crippen molar-refractivity contribution in [3.8, 4) is 5.75 Å². The standard InChI is InChI=1S/C25H29N3O2/c1-16-7-6-10-23(17(16)2)28-25(29)22-15-26-24(21-9-5-4-8-20(21)22)27-18-11-13-19(30-3)14-12-18/h4-5,8-9,11-17,23H,6-7,10H2,1-3H3,(H,26,27)(H,28,29)/t16-,17-,23-/m1/s1. The van der Waals surface area contributed by atoms with Gasteiger partial charge in [0.15, 0.2) is 0 Å². The summed E-state index contributed by atoms with van der Waals surface area (Å²) in [5.41, 5.74) is 1.53. The topological polar surface area (TPSA) is 63.2 Å². The number of amides is 1. The van der Waals surface area contributed by atoms with E-state index in [0.717, 1.165) is 34.4 Å². The van der Waals surface area contributed by atoms with Crippen LogP contribution in [0.15, 0.2) is 54.7 Å². The summed E-state index contributed by atoms with van der Waals surface area (Å²) in [6.07, 6.45) is 5.13. The quantitative estimate of drug-likeness (QED) is 0.587. The Hall–Kier alpha value is -3.08. The van der Waals surface area contributed by atoms with Crippen LogP contribution in [-0.2, 0) is 0 Å². The second kappa shape index (κ2) is 8.74. The summed E-state index contributed by atoms with van der Waals surface area (Å²) in [5, 5.41) is 8.46. The average Bonchev–Trinajstić information content (AvgIpc) is 2.77. The fourth-order valence-electron chi connectivity index (χ4n) is 4.32. The molecule has 1 aliphatic carbocycles. The SMILES string of the molecule is COc1ccc(Nc2ncc(C(=O)N[C@@H]3CCC[C@@H](C)[C@H]3C)c3ccccc23)cc1. The lowest BCUT2D eigenvalue weighted by Crippen LogP contribution is -2.43. The van der Waals surface area contributed by atoms with E-state index in [4.69, 9.17) is 4.74 Å². The Labute approximate surface area is 177 Å². The number of nitrogens with zero attached hydrogens (tertiary/aromatic N) is 1. The van der Waals surface area contributed by atoms with E-state index in [-0.39, 0.29) is 11.9 Å². The molecule has 1 aromatic heterocycles. The number of anilines is 2. The molecule has 0 unspecified atom stereocenters. The lowest BCUT2D eigenvalue weighted by molar-refractivity contribution is 0.0892. The number of methoxy groups -OCH3 is 1. The average molecular weight is 404 g/mol. The highest BCUT2D eigenvalue weighted by Gasteiger charge is 2.28. The second-order valence-electron chi connectivity index (χ2n) is 8.27. The normalized spacial score (nSPS) is 21.2. The van der Waals surface area contributed by atoms with Crippen LogP contribution in [0.25, 0.3) is 10.8 Å². The number of aromatic nitrogens is 1. The van der Waals surface area contributed by atoms with Gasteiger partial charge >= 0.3 is 0 Å². The van der Waals surface area contributed by atoms with Crippen molar-refractivity contribution in [1.29, 1.82) is 0 Å². The van der Waals surface area contributed by atoms with Gasteiger partial charge in [-0.05, 0) is 47.9 Å². The molecule has 3 aromatic rings. The van der Waals surface area contributed by atoms with E-state index >= 15 is 0 Å². The van der Waals surface area contributed by atoms with E-state index in [1.807, 2.05) is 48.5 Å². The summed E-state index contributed by atoms with van der Waals surface area (Å²) >= 11 is 0. The number of fused-ring (bicyclic) bond motifs is 1. The molecule has 156 valence electrons. The highest BCUT2D eigenvalue weighted by Crippen LogP contribution is 2.31. The molecule has 1 aliphatic rings. The number of hydrogen-bond donors (Lipinski definition) is 2. The van der Waals surface area contributed by atoms with Gasteiger partial charge in [-0.15, -0.1) is 0 Å². The van der Waals surface area contributed by atoms with E-state index < -0.39 is 0 Å². The number of nitrogens with one attached hydrogen (secondary N) is 2. The third kappa shape index (κ3) is 4.11. The number of ether oxygens (including phenoxy) is 1. The molecular weight excluding hydrogens is 374 g/mol. The summed E-state index contributed by atoms with van der Waals surface area (Å²) in [6, 6.07) is 15.8. The van der Waals surface area contributed by atoms with Crippen LogP contribution in [0, 0.1) is 11.8 Å². The zero-order valence-corrected chi connectivity index (χ0v) is 17.8. The van der Waals surface area contributed by atoms with Crippen molar-refractivity contribution in [3.05, 3.63) is 60.3 Å². The van der Waals surface area contributed by atoms with Gasteiger partial charge in [-0.25, -0.2) is 4.98 Å². The predicted molar refractivity (Wildman–Crippen MR) is 121 cm³/mol. The number of hydrogen-bond acceptors (Lipinski definition) is 4. The molecule has 2 aromatic carbocycles. The molecule has 0 radical (unpaired) electrons. The van der Waals surface area contributed by atoms with Gasteiger partial charge in [0.1, 0.15) is 11.6 Å². The highest BCUT2D eigenvalue weighted by atomic mass is 16.5. The first-order valence-electron chi connectivity index (χ1n) is 10.7. The van der Waals surface area contributed by atoms with E-state index in [9.17, 15) is 4.79 Å². The summed E-state index contributed by atoms with van der Waals surface area (Å²) in [7, 11) is 1.65. The number of pyridine rings is 1. The van der Waals surface area contributed by atoms with E-state index in [1.54, 1.807) is 13.3 Å². The zero-order valence-electron chi connectivity index (χ0n) is 17.8. The summed E-state index contributed by atoms with van der Waals surface area (Å²) in [5.74, 6) is 2.61. The van der Waals surface area contributed by atoms with Gasteiger partial charge in [0.2, 0.25) is 0 Å². The zero-order chi connectivity index (χ0) is 21.1. The number of carbonyl (C=O) groups excluding carboxylic acids is 1. The van der Waals surface area contributed by atoms with Crippen LogP contribution >= 0.6 is 0 Å². The molecule has 0 saturated heterocycles. The Kier molecular flexibility index (Phi) is 5.88. The molecule has 0 spiro atoms. The molecule has 1 heterocycles. The van der Waals surface area contributed by atoms with Crippen molar-refractivity contribution >= 4 is 28.2 Å². The molecular formula is C25H29N3O2. The summed E-state index contributed by atoms with van der Waals surface area (Å²) in [6.45, 7) is 4.52. The highest BCUT2D eigenvalue weighted by molar-refractivity contribution is 6.09. The third-order valence-corrected chi connectivity index (χ3v) is 6.42. The second-order valence-corrected chi connectivity index (χ2v) is 8.27. The lowest BCUT2D eigenvalue weighted by Gasteiger charge is -2.34. The van der Waals surface area contributed by atoms with Crippen molar-refractivity contribution in [1.82, 2.24) is 10.3 Å². The molecule has 0 bridgehead atoms. The van der Waals surface area contributed by atoms with Gasteiger partial charge in [-0.3, -0.25) is 4.79 Å². The van der Waals surface area contributed by atoms with Crippen molar-refractivity contribution in [3.63, 3.8) is 0 Å². The molecule has 2 N–H and O–H groups in total. The van der Waals surface area contributed by atoms with Crippen molar-refractivity contribution in [2.75, 3.05) is 12.4 Å². The Balaban J connectivity index is 1.60. The van der Waals surface area contributed by atoms with Crippen LogP contribution in [0.4, 0.5) is 11.5 Å². The Morgan fingerprint density at radius 1 is 1.03 bits per heavy atom. The number of rotatable bonds is 5. The van der Waals surface area contributed by atoms with Gasteiger partial charge in [0, 0.05) is 23.3 Å². The van der Waals surface area contributed by atoms with Crippen molar-refractivity contribution < 1.29 is 9.53 Å². The molecule has 1 amide bonds. The van der Waals surface area contributed by atoms with Crippen LogP contribution in [0.2, 0.25) is 0 Å². The van der Waals surface area contributed by atoms with Gasteiger partial charge in [-0.1, -0.05) is 51.0 Å². The molecule has 0 aliphatic heterocycles. The van der Waals surface area contributed by atoms with Crippen LogP contribution in [0.5, 0.6) is 5.75 Å². The Bertz CT molecular complexity index is 1030. The van der Waals surface area contributed by atoms with Gasteiger partial charge in [-0.2, -0.15) is 0 Å². The fourth-order valence-corrected chi connectivity index (χ4v) is 4.32. The van der Waals surface area contributed by atoms with Gasteiger partial charge in [0.05, 0.1) is 12.7 Å². The first-order chi connectivity index (χ1) is 14.6. The molecule has 3 atom stereocenters. The van der Waals surface area contributed by atoms with E-state index in [2.05, 4.69) is 29.5 Å². The summed E-state index contributed by atoms with van der Waals surface area (Å²) in [4.78, 5) is 17.7. The molecule has 5 nitrogen and oxygen atoms in total. The van der Waals surface area contributed by atoms with Crippen LogP contribution in [0.1, 0.15) is 43.5 Å². The largest absolute Gasteiger partial charge is 0.497 e. The predicted octanol–water partition coefficient (Wildman–Crippen LogP) is 5.54. The minimum atomic E-state index is -0.0411. The molecule has 1 saturated carbocycles. The maximum absolute atomic E-state index is 13.1. The van der Waals surface area contributed by atoms with Crippen LogP contribution < -0.4 is 15.4 Å². The molecule has 1 fully saturated rings. The van der Waals surface area contributed by atoms with Crippen molar-refractivity contribution in [2.24, 2.45) is 11.8 Å². The maximum atomic E-state index is 13.1. The minimum absolute atomic E-state index is 0.0411. The molecule has 30 heavy (non-hydrogen) atoms. The number of benzene rings is 2. The molecule has 5 heteroatoms. The Morgan fingerprint density at radius 2 is 1.77 bits per heavy atom. The van der Waals surface area contributed by atoms with Crippen molar-refractivity contribution in [2.45, 2.75) is 39.2 Å². The first kappa shape index (κ1) is 20.2. The number of carbonyl (C=O) groups is 1. The van der Waals surface area contributed by atoms with Gasteiger partial charge < -0.3 is 15.4 Å². The fraction of sp³-hybridized carbons (Fsp3) is 0.360. The minimum Gasteiger partial charge on any atom is -0.497 e. The smallest absolute Gasteiger partial charge is 0.253 e. The van der Waals surface area contributed by atoms with E-state index in [0.29, 0.717) is 17.4 Å². The van der Waals surface area contributed by atoms with Gasteiger partial charge in [0.25, 0.3) is 5.91 Å². The molecule has 4 rings (SSSR count). The monoisotopic (exact) mass is 403 g/mol.